The number of rotatable bonds is 3. The molecule has 1 aromatic heterocycles. The molecule has 0 saturated carbocycles. The van der Waals surface area contributed by atoms with Gasteiger partial charge in [0.05, 0.1) is 4.34 Å². The van der Waals surface area contributed by atoms with E-state index in [1.807, 2.05) is 6.07 Å². The first-order valence-electron chi connectivity index (χ1n) is 7.06. The Morgan fingerprint density at radius 2 is 2.05 bits per heavy atom. The van der Waals surface area contributed by atoms with Gasteiger partial charge in [-0.15, -0.1) is 11.3 Å². The average molecular weight is 301 g/mol. The maximum Gasteiger partial charge on any atom is 0.0931 e. The highest BCUT2D eigenvalue weighted by Crippen LogP contribution is 2.34. The molecule has 2 heterocycles. The molecule has 0 amide bonds. The predicted octanol–water partition coefficient (Wildman–Crippen LogP) is 4.17. The van der Waals surface area contributed by atoms with E-state index in [2.05, 4.69) is 50.9 Å². The van der Waals surface area contributed by atoms with Crippen molar-refractivity contribution in [2.24, 2.45) is 5.92 Å². The van der Waals surface area contributed by atoms with Crippen molar-refractivity contribution >= 4 is 22.9 Å². The van der Waals surface area contributed by atoms with E-state index in [1.165, 1.54) is 4.88 Å². The van der Waals surface area contributed by atoms with Gasteiger partial charge in [0, 0.05) is 35.6 Å². The second-order valence-electron chi connectivity index (χ2n) is 6.57. The summed E-state index contributed by atoms with van der Waals surface area (Å²) in [6.07, 6.45) is 0. The van der Waals surface area contributed by atoms with Gasteiger partial charge in [0.1, 0.15) is 0 Å². The normalized spacial score (nSPS) is 25.7. The fourth-order valence-corrected chi connectivity index (χ4v) is 4.02. The summed E-state index contributed by atoms with van der Waals surface area (Å²) in [7, 11) is 0. The number of nitrogens with zero attached hydrogens (tertiary/aromatic N) is 1. The summed E-state index contributed by atoms with van der Waals surface area (Å²) in [4.78, 5) is 4.01. The zero-order valence-electron chi connectivity index (χ0n) is 12.5. The number of nitrogens with one attached hydrogen (secondary N) is 1. The van der Waals surface area contributed by atoms with E-state index in [0.29, 0.717) is 18.0 Å². The second-order valence-corrected chi connectivity index (χ2v) is 8.31. The lowest BCUT2D eigenvalue weighted by Crippen LogP contribution is -2.63. The van der Waals surface area contributed by atoms with Crippen molar-refractivity contribution in [3.05, 3.63) is 21.3 Å². The molecule has 1 aromatic rings. The largest absolute Gasteiger partial charge is 0.309 e. The van der Waals surface area contributed by atoms with Crippen molar-refractivity contribution < 1.29 is 0 Å². The zero-order valence-corrected chi connectivity index (χ0v) is 14.1. The number of thiophene rings is 1. The van der Waals surface area contributed by atoms with Crippen molar-refractivity contribution in [3.8, 4) is 0 Å². The molecule has 2 atom stereocenters. The topological polar surface area (TPSA) is 15.3 Å². The van der Waals surface area contributed by atoms with Gasteiger partial charge in [-0.2, -0.15) is 0 Å². The highest BCUT2D eigenvalue weighted by Gasteiger charge is 2.36. The van der Waals surface area contributed by atoms with Crippen molar-refractivity contribution in [2.75, 3.05) is 13.1 Å². The lowest BCUT2D eigenvalue weighted by atomic mass is 9.91. The molecule has 2 unspecified atom stereocenters. The van der Waals surface area contributed by atoms with Gasteiger partial charge < -0.3 is 5.32 Å². The number of piperazine rings is 1. The molecule has 1 saturated heterocycles. The van der Waals surface area contributed by atoms with Crippen LogP contribution >= 0.6 is 22.9 Å². The molecule has 2 nitrogen and oxygen atoms in total. The summed E-state index contributed by atoms with van der Waals surface area (Å²) in [5, 5.41) is 3.67. The lowest BCUT2D eigenvalue weighted by Gasteiger charge is -2.48. The van der Waals surface area contributed by atoms with Gasteiger partial charge >= 0.3 is 0 Å². The second kappa shape index (κ2) is 5.72. The Balaban J connectivity index is 2.21. The Hall–Kier alpha value is -0.0900. The molecule has 0 bridgehead atoms. The Kier molecular flexibility index (Phi) is 4.61. The molecular formula is C15H25ClN2S. The summed E-state index contributed by atoms with van der Waals surface area (Å²) in [6, 6.07) is 5.20. The van der Waals surface area contributed by atoms with Crippen LogP contribution in [0.15, 0.2) is 12.1 Å². The van der Waals surface area contributed by atoms with Gasteiger partial charge in [-0.1, -0.05) is 25.4 Å². The molecule has 0 aromatic carbocycles. The van der Waals surface area contributed by atoms with E-state index in [-0.39, 0.29) is 5.54 Å². The summed E-state index contributed by atoms with van der Waals surface area (Å²) in [5.41, 5.74) is 0.181. The van der Waals surface area contributed by atoms with E-state index in [4.69, 9.17) is 11.6 Å². The molecule has 2 rings (SSSR count). The molecule has 1 N–H and O–H groups in total. The van der Waals surface area contributed by atoms with E-state index < -0.39 is 0 Å². The number of hydrogen-bond donors (Lipinski definition) is 1. The van der Waals surface area contributed by atoms with Crippen LogP contribution in [0.4, 0.5) is 0 Å². The van der Waals surface area contributed by atoms with E-state index in [9.17, 15) is 0 Å². The molecule has 1 fully saturated rings. The first-order valence-corrected chi connectivity index (χ1v) is 8.25. The van der Waals surface area contributed by atoms with Crippen molar-refractivity contribution in [1.29, 1.82) is 0 Å². The van der Waals surface area contributed by atoms with Crippen molar-refractivity contribution in [2.45, 2.75) is 52.2 Å². The minimum Gasteiger partial charge on any atom is -0.309 e. The lowest BCUT2D eigenvalue weighted by molar-refractivity contribution is 0.0382. The predicted molar refractivity (Wildman–Crippen MR) is 85.2 cm³/mol. The van der Waals surface area contributed by atoms with Crippen molar-refractivity contribution in [3.63, 3.8) is 0 Å². The first kappa shape index (κ1) is 15.3. The van der Waals surface area contributed by atoms with Crippen LogP contribution < -0.4 is 5.32 Å². The standard InChI is InChI=1S/C15H25ClN2S/c1-10(2)12-8-17-15(4,5)9-18(12)11(3)13-6-7-14(16)19-13/h6-7,10-12,17H,8-9H2,1-5H3. The van der Waals surface area contributed by atoms with Crippen LogP contribution in [0.3, 0.4) is 0 Å². The van der Waals surface area contributed by atoms with Gasteiger partial charge in [-0.05, 0) is 38.8 Å². The van der Waals surface area contributed by atoms with Crippen LogP contribution in [0.2, 0.25) is 4.34 Å². The quantitative estimate of drug-likeness (QED) is 0.901. The van der Waals surface area contributed by atoms with Crippen LogP contribution in [-0.2, 0) is 0 Å². The highest BCUT2D eigenvalue weighted by atomic mass is 35.5. The summed E-state index contributed by atoms with van der Waals surface area (Å²) in [5.74, 6) is 0.654. The summed E-state index contributed by atoms with van der Waals surface area (Å²) >= 11 is 7.79. The Morgan fingerprint density at radius 1 is 1.37 bits per heavy atom. The third-order valence-corrected chi connectivity index (χ3v) is 5.47. The van der Waals surface area contributed by atoms with Crippen LogP contribution in [0.25, 0.3) is 0 Å². The Labute approximate surface area is 126 Å². The maximum atomic E-state index is 6.09. The SMILES string of the molecule is CC(C)C1CNC(C)(C)CN1C(C)c1ccc(Cl)s1. The fourth-order valence-electron chi connectivity index (χ4n) is 2.89. The summed E-state index contributed by atoms with van der Waals surface area (Å²) < 4.78 is 0.886. The zero-order chi connectivity index (χ0) is 14.2. The smallest absolute Gasteiger partial charge is 0.0931 e. The molecular weight excluding hydrogens is 276 g/mol. The maximum absolute atomic E-state index is 6.09. The molecule has 1 aliphatic rings. The van der Waals surface area contributed by atoms with Crippen LogP contribution in [0.1, 0.15) is 45.5 Å². The third kappa shape index (κ3) is 3.52. The molecule has 4 heteroatoms. The average Bonchev–Trinajstić information content (AvgIpc) is 2.73. The van der Waals surface area contributed by atoms with Crippen LogP contribution in [-0.4, -0.2) is 29.6 Å². The van der Waals surface area contributed by atoms with Gasteiger partial charge in [-0.25, -0.2) is 0 Å². The monoisotopic (exact) mass is 300 g/mol. The molecule has 19 heavy (non-hydrogen) atoms. The van der Waals surface area contributed by atoms with Gasteiger partial charge in [-0.3, -0.25) is 4.90 Å². The summed E-state index contributed by atoms with van der Waals surface area (Å²) in [6.45, 7) is 13.6. The van der Waals surface area contributed by atoms with Crippen LogP contribution in [0.5, 0.6) is 0 Å². The minimum atomic E-state index is 0.181. The minimum absolute atomic E-state index is 0.181. The fraction of sp³-hybridized carbons (Fsp3) is 0.733. The van der Waals surface area contributed by atoms with E-state index in [1.54, 1.807) is 11.3 Å². The van der Waals surface area contributed by atoms with Crippen LogP contribution in [0, 0.1) is 5.92 Å². The first-order chi connectivity index (χ1) is 8.80. The Morgan fingerprint density at radius 3 is 2.58 bits per heavy atom. The number of hydrogen-bond acceptors (Lipinski definition) is 3. The van der Waals surface area contributed by atoms with E-state index in [0.717, 1.165) is 17.4 Å². The van der Waals surface area contributed by atoms with Gasteiger partial charge in [0.2, 0.25) is 0 Å². The molecule has 0 spiro atoms. The molecule has 0 radical (unpaired) electrons. The van der Waals surface area contributed by atoms with Gasteiger partial charge in [0.25, 0.3) is 0 Å². The van der Waals surface area contributed by atoms with E-state index >= 15 is 0 Å². The molecule has 108 valence electrons. The van der Waals surface area contributed by atoms with Crippen molar-refractivity contribution in [1.82, 2.24) is 10.2 Å². The Bertz CT molecular complexity index is 428. The van der Waals surface area contributed by atoms with Gasteiger partial charge in [0.15, 0.2) is 0 Å². The molecule has 0 aliphatic carbocycles. The third-order valence-electron chi connectivity index (χ3n) is 4.07. The highest BCUT2D eigenvalue weighted by molar-refractivity contribution is 7.16. The number of halogens is 1. The molecule has 1 aliphatic heterocycles.